The maximum Gasteiger partial charge on any atom is 0.153 e. The molecule has 0 aliphatic rings. The van der Waals surface area contributed by atoms with E-state index in [0.717, 1.165) is 28.9 Å². The van der Waals surface area contributed by atoms with E-state index in [1.54, 1.807) is 19.2 Å². The van der Waals surface area contributed by atoms with Crippen LogP contribution < -0.4 is 4.74 Å². The van der Waals surface area contributed by atoms with Crippen molar-refractivity contribution in [3.05, 3.63) is 47.5 Å². The van der Waals surface area contributed by atoms with Gasteiger partial charge >= 0.3 is 0 Å². The van der Waals surface area contributed by atoms with Crippen molar-refractivity contribution in [1.82, 2.24) is 0 Å². The smallest absolute Gasteiger partial charge is 0.153 e. The summed E-state index contributed by atoms with van der Waals surface area (Å²) in [6.45, 7) is 2.07. The number of rotatable bonds is 4. The Morgan fingerprint density at radius 3 is 2.68 bits per heavy atom. The van der Waals surface area contributed by atoms with Crippen LogP contribution in [0, 0.1) is 0 Å². The summed E-state index contributed by atoms with van der Waals surface area (Å²) in [6.07, 6.45) is 1.52. The lowest BCUT2D eigenvalue weighted by molar-refractivity contribution is 0.112. The van der Waals surface area contributed by atoms with E-state index in [9.17, 15) is 9.90 Å². The predicted molar refractivity (Wildman–Crippen MR) is 74.9 cm³/mol. The average Bonchev–Trinajstić information content (AvgIpc) is 2.47. The van der Waals surface area contributed by atoms with Gasteiger partial charge in [-0.1, -0.05) is 25.1 Å². The molecule has 19 heavy (non-hydrogen) atoms. The van der Waals surface area contributed by atoms with Gasteiger partial charge in [-0.15, -0.1) is 0 Å². The van der Waals surface area contributed by atoms with Gasteiger partial charge in [-0.2, -0.15) is 0 Å². The summed E-state index contributed by atoms with van der Waals surface area (Å²) >= 11 is 0. The number of hydrogen-bond acceptors (Lipinski definition) is 3. The van der Waals surface area contributed by atoms with Crippen LogP contribution in [0.3, 0.4) is 0 Å². The number of methoxy groups -OCH3 is 1. The Kier molecular flexibility index (Phi) is 3.85. The monoisotopic (exact) mass is 256 g/mol. The number of aryl methyl sites for hydroxylation is 1. The molecule has 0 bridgehead atoms. The van der Waals surface area contributed by atoms with Crippen molar-refractivity contribution < 1.29 is 14.6 Å². The Labute approximate surface area is 112 Å². The van der Waals surface area contributed by atoms with Crippen molar-refractivity contribution >= 4 is 6.29 Å². The summed E-state index contributed by atoms with van der Waals surface area (Å²) in [5.74, 6) is 0.758. The molecule has 0 saturated carbocycles. The SMILES string of the molecule is CCc1cccc(OC)c1-c1ccc(O)c(C=O)c1. The molecular weight excluding hydrogens is 240 g/mol. The quantitative estimate of drug-likeness (QED) is 0.852. The summed E-state index contributed by atoms with van der Waals surface area (Å²) in [6, 6.07) is 10.9. The third-order valence-electron chi connectivity index (χ3n) is 3.16. The van der Waals surface area contributed by atoms with Crippen LogP contribution in [0.1, 0.15) is 22.8 Å². The van der Waals surface area contributed by atoms with Crippen LogP contribution in [0.5, 0.6) is 11.5 Å². The van der Waals surface area contributed by atoms with Crippen LogP contribution in [0.4, 0.5) is 0 Å². The number of carbonyl (C=O) groups excluding carboxylic acids is 1. The summed E-state index contributed by atoms with van der Waals surface area (Å²) in [7, 11) is 1.62. The molecule has 3 heteroatoms. The van der Waals surface area contributed by atoms with Gasteiger partial charge in [-0.3, -0.25) is 4.79 Å². The first-order valence-corrected chi connectivity index (χ1v) is 6.15. The van der Waals surface area contributed by atoms with Gasteiger partial charge in [0.15, 0.2) is 6.29 Å². The number of hydrogen-bond donors (Lipinski definition) is 1. The van der Waals surface area contributed by atoms with E-state index >= 15 is 0 Å². The molecule has 0 aromatic heterocycles. The highest BCUT2D eigenvalue weighted by atomic mass is 16.5. The van der Waals surface area contributed by atoms with Crippen LogP contribution in [0.25, 0.3) is 11.1 Å². The summed E-state index contributed by atoms with van der Waals surface area (Å²) in [5, 5.41) is 9.57. The van der Waals surface area contributed by atoms with E-state index in [4.69, 9.17) is 4.74 Å². The Hall–Kier alpha value is -2.29. The van der Waals surface area contributed by atoms with Crippen molar-refractivity contribution in [2.24, 2.45) is 0 Å². The van der Waals surface area contributed by atoms with Gasteiger partial charge < -0.3 is 9.84 Å². The average molecular weight is 256 g/mol. The minimum Gasteiger partial charge on any atom is -0.507 e. The molecule has 0 fully saturated rings. The molecule has 0 aliphatic carbocycles. The molecule has 0 spiro atoms. The number of phenolic OH excluding ortho intramolecular Hbond substituents is 1. The van der Waals surface area contributed by atoms with Gasteiger partial charge in [-0.05, 0) is 35.7 Å². The van der Waals surface area contributed by atoms with E-state index in [2.05, 4.69) is 6.92 Å². The molecule has 0 radical (unpaired) electrons. The Balaban J connectivity index is 2.66. The molecule has 0 heterocycles. The molecule has 0 unspecified atom stereocenters. The number of ether oxygens (including phenoxy) is 1. The largest absolute Gasteiger partial charge is 0.507 e. The minimum absolute atomic E-state index is 0.00769. The molecular formula is C16H16O3. The molecule has 3 nitrogen and oxygen atoms in total. The van der Waals surface area contributed by atoms with Crippen molar-refractivity contribution in [3.8, 4) is 22.6 Å². The molecule has 0 amide bonds. The lowest BCUT2D eigenvalue weighted by atomic mass is 9.95. The zero-order valence-corrected chi connectivity index (χ0v) is 11.0. The van der Waals surface area contributed by atoms with Crippen molar-refractivity contribution in [2.75, 3.05) is 7.11 Å². The molecule has 0 saturated heterocycles. The highest BCUT2D eigenvalue weighted by Gasteiger charge is 2.12. The van der Waals surface area contributed by atoms with Gasteiger partial charge in [0.05, 0.1) is 12.7 Å². The van der Waals surface area contributed by atoms with Crippen molar-refractivity contribution in [2.45, 2.75) is 13.3 Å². The predicted octanol–water partition coefficient (Wildman–Crippen LogP) is 3.44. The molecule has 0 aliphatic heterocycles. The van der Waals surface area contributed by atoms with Crippen LogP contribution in [0.15, 0.2) is 36.4 Å². The van der Waals surface area contributed by atoms with Gasteiger partial charge in [0.25, 0.3) is 0 Å². The van der Waals surface area contributed by atoms with Crippen LogP contribution in [-0.2, 0) is 6.42 Å². The Morgan fingerprint density at radius 2 is 2.05 bits per heavy atom. The second kappa shape index (κ2) is 5.57. The third kappa shape index (κ3) is 2.45. The molecule has 98 valence electrons. The lowest BCUT2D eigenvalue weighted by Gasteiger charge is -2.14. The molecule has 2 rings (SSSR count). The van der Waals surface area contributed by atoms with Gasteiger partial charge in [0.2, 0.25) is 0 Å². The van der Waals surface area contributed by atoms with Crippen LogP contribution in [0.2, 0.25) is 0 Å². The maximum absolute atomic E-state index is 10.9. The fourth-order valence-corrected chi connectivity index (χ4v) is 2.17. The number of aromatic hydroxyl groups is 1. The van der Waals surface area contributed by atoms with Crippen LogP contribution in [-0.4, -0.2) is 18.5 Å². The Morgan fingerprint density at radius 1 is 1.26 bits per heavy atom. The summed E-state index contributed by atoms with van der Waals surface area (Å²) in [4.78, 5) is 10.9. The number of phenols is 1. The second-order valence-corrected chi connectivity index (χ2v) is 4.24. The zero-order valence-electron chi connectivity index (χ0n) is 11.0. The first kappa shape index (κ1) is 13.1. The first-order chi connectivity index (χ1) is 9.21. The lowest BCUT2D eigenvalue weighted by Crippen LogP contribution is -1.94. The Bertz CT molecular complexity index is 581. The van der Waals surface area contributed by atoms with Crippen LogP contribution >= 0.6 is 0 Å². The first-order valence-electron chi connectivity index (χ1n) is 6.15. The van der Waals surface area contributed by atoms with E-state index in [-0.39, 0.29) is 11.3 Å². The number of carbonyl (C=O) groups is 1. The standard InChI is InChI=1S/C16H16O3/c1-3-11-5-4-6-15(19-2)16(11)12-7-8-14(18)13(9-12)10-17/h4-10,18H,3H2,1-2H3. The molecule has 1 N–H and O–H groups in total. The van der Waals surface area contributed by atoms with Crippen molar-refractivity contribution in [1.29, 1.82) is 0 Å². The fraction of sp³-hybridized carbons (Fsp3) is 0.188. The van der Waals surface area contributed by atoms with E-state index < -0.39 is 0 Å². The minimum atomic E-state index is -0.00769. The number of benzene rings is 2. The third-order valence-corrected chi connectivity index (χ3v) is 3.16. The van der Waals surface area contributed by atoms with Gasteiger partial charge in [0, 0.05) is 5.56 Å². The molecule has 0 atom stereocenters. The summed E-state index contributed by atoms with van der Waals surface area (Å²) < 4.78 is 5.40. The summed E-state index contributed by atoms with van der Waals surface area (Å²) in [5.41, 5.74) is 3.26. The maximum atomic E-state index is 10.9. The topological polar surface area (TPSA) is 46.5 Å². The van der Waals surface area contributed by atoms with Crippen molar-refractivity contribution in [3.63, 3.8) is 0 Å². The zero-order chi connectivity index (χ0) is 13.8. The molecule has 2 aromatic carbocycles. The normalized spacial score (nSPS) is 10.2. The van der Waals surface area contributed by atoms with Gasteiger partial charge in [-0.25, -0.2) is 0 Å². The second-order valence-electron chi connectivity index (χ2n) is 4.24. The fourth-order valence-electron chi connectivity index (χ4n) is 2.17. The highest BCUT2D eigenvalue weighted by Crippen LogP contribution is 2.35. The van der Waals surface area contributed by atoms with Gasteiger partial charge in [0.1, 0.15) is 11.5 Å². The number of aldehydes is 1. The van der Waals surface area contributed by atoms with E-state index in [1.165, 1.54) is 6.07 Å². The van der Waals surface area contributed by atoms with E-state index in [0.29, 0.717) is 6.29 Å². The molecule has 2 aromatic rings. The van der Waals surface area contributed by atoms with E-state index in [1.807, 2.05) is 18.2 Å². The highest BCUT2D eigenvalue weighted by molar-refractivity contribution is 5.84.